The van der Waals surface area contributed by atoms with Gasteiger partial charge in [-0.15, -0.1) is 16.4 Å². The average Bonchev–Trinajstić information content (AvgIpc) is 4.13. The first-order valence-electron chi connectivity index (χ1n) is 22.6. The number of aryl methyl sites for hydroxylation is 1. The van der Waals surface area contributed by atoms with Gasteiger partial charge in [-0.1, -0.05) is 43.3 Å². The van der Waals surface area contributed by atoms with Crippen LogP contribution in [0.2, 0.25) is 0 Å². The summed E-state index contributed by atoms with van der Waals surface area (Å²) in [6, 6.07) is 7.92. The number of ether oxygens (including phenoxy) is 1. The zero-order valence-corrected chi connectivity index (χ0v) is 39.6. The number of β-amino-alcohol motifs (C(OH)–C–C–N with tert-alkyl or cyclic N) is 1. The summed E-state index contributed by atoms with van der Waals surface area (Å²) in [6.45, 7) is 12.9. The normalized spacial score (nSPS) is 17.8. The number of benzene rings is 1. The molecule has 1 aromatic carbocycles. The minimum absolute atomic E-state index is 0.0474. The number of thiazole rings is 1. The van der Waals surface area contributed by atoms with Gasteiger partial charge in [0.05, 0.1) is 76.5 Å². The maximum atomic E-state index is 14.3. The van der Waals surface area contributed by atoms with Crippen LogP contribution in [0, 0.1) is 12.8 Å². The van der Waals surface area contributed by atoms with Gasteiger partial charge >= 0.3 is 6.09 Å². The monoisotopic (exact) mass is 931 g/mol. The largest absolute Gasteiger partial charge is 0.446 e. The van der Waals surface area contributed by atoms with Crippen LogP contribution in [0.1, 0.15) is 88.8 Å². The second kappa shape index (κ2) is 20.1. The number of aliphatic hydroxyl groups is 1. The van der Waals surface area contributed by atoms with Crippen molar-refractivity contribution in [3.05, 3.63) is 90.0 Å². The van der Waals surface area contributed by atoms with Crippen LogP contribution >= 0.6 is 11.3 Å². The zero-order chi connectivity index (χ0) is 47.5. The van der Waals surface area contributed by atoms with Crippen molar-refractivity contribution >= 4 is 52.3 Å². The molecule has 4 amide bonds. The third-order valence-electron chi connectivity index (χ3n) is 12.3. The predicted octanol–water partition coefficient (Wildman–Crippen LogP) is 5.65. The number of carbonyl (C=O) groups excluding carboxylic acids is 4. The number of nitrogens with one attached hydrogen (secondary N) is 2. The highest BCUT2D eigenvalue weighted by Crippen LogP contribution is 2.32. The Kier molecular flexibility index (Phi) is 14.0. The summed E-state index contributed by atoms with van der Waals surface area (Å²) in [4.78, 5) is 77.5. The quantitative estimate of drug-likeness (QED) is 0.120. The molecule has 3 N–H and O–H groups in total. The highest BCUT2D eigenvalue weighted by atomic mass is 32.1. The summed E-state index contributed by atoms with van der Waals surface area (Å²) in [5, 5.41) is 25.7. The molecule has 0 saturated carbocycles. The zero-order valence-electron chi connectivity index (χ0n) is 38.7. The first-order valence-corrected chi connectivity index (χ1v) is 23.5. The van der Waals surface area contributed by atoms with Crippen molar-refractivity contribution in [3.8, 4) is 21.7 Å². The van der Waals surface area contributed by atoms with Gasteiger partial charge in [0.1, 0.15) is 12.1 Å². The van der Waals surface area contributed by atoms with E-state index in [0.717, 1.165) is 40.2 Å². The number of aliphatic hydroxyl groups excluding tert-OH is 1. The van der Waals surface area contributed by atoms with E-state index in [-0.39, 0.29) is 61.2 Å². The van der Waals surface area contributed by atoms with Crippen LogP contribution in [0.25, 0.3) is 27.3 Å². The molecule has 0 radical (unpaired) electrons. The molecular formula is C47H57N13O6S. The van der Waals surface area contributed by atoms with Gasteiger partial charge in [-0.25, -0.2) is 19.4 Å². The van der Waals surface area contributed by atoms with Gasteiger partial charge in [-0.2, -0.15) is 0 Å². The van der Waals surface area contributed by atoms with Crippen LogP contribution in [-0.2, 0) is 19.1 Å². The first-order chi connectivity index (χ1) is 32.1. The average molecular weight is 932 g/mol. The molecule has 5 aromatic heterocycles. The third kappa shape index (κ3) is 10.7. The molecule has 8 rings (SSSR count). The highest BCUT2D eigenvalue weighted by molar-refractivity contribution is 7.13. The van der Waals surface area contributed by atoms with Gasteiger partial charge in [0.2, 0.25) is 17.7 Å². The molecule has 20 heteroatoms. The van der Waals surface area contributed by atoms with E-state index in [2.05, 4.69) is 45.8 Å². The lowest BCUT2D eigenvalue weighted by Crippen LogP contribution is -2.49. The predicted molar refractivity (Wildman–Crippen MR) is 252 cm³/mol. The number of rotatable bonds is 14. The number of hydrogen-bond donors (Lipinski definition) is 3. The van der Waals surface area contributed by atoms with Gasteiger partial charge in [-0.3, -0.25) is 34.2 Å². The van der Waals surface area contributed by atoms with Crippen molar-refractivity contribution < 1.29 is 29.0 Å². The number of amides is 4. The van der Waals surface area contributed by atoms with Crippen molar-refractivity contribution in [2.24, 2.45) is 5.92 Å². The number of piperidine rings is 1. The van der Waals surface area contributed by atoms with Crippen molar-refractivity contribution in [1.29, 1.82) is 0 Å². The van der Waals surface area contributed by atoms with Gasteiger partial charge in [0.15, 0.2) is 11.5 Å². The molecule has 2 aliphatic rings. The van der Waals surface area contributed by atoms with Crippen molar-refractivity contribution in [2.45, 2.75) is 97.1 Å². The fourth-order valence-corrected chi connectivity index (χ4v) is 9.52. The molecule has 352 valence electrons. The molecule has 0 aliphatic carbocycles. The second-order valence-electron chi connectivity index (χ2n) is 18.0. The van der Waals surface area contributed by atoms with Crippen molar-refractivity contribution in [3.63, 3.8) is 0 Å². The maximum absolute atomic E-state index is 14.3. The second-order valence-corrected chi connectivity index (χ2v) is 18.9. The van der Waals surface area contributed by atoms with Gasteiger partial charge in [0.25, 0.3) is 0 Å². The molecule has 2 fully saturated rings. The number of anilines is 2. The van der Waals surface area contributed by atoms with E-state index >= 15 is 0 Å². The molecular weight excluding hydrogens is 875 g/mol. The molecule has 2 aliphatic heterocycles. The lowest BCUT2D eigenvalue weighted by molar-refractivity contribution is -0.142. The minimum Gasteiger partial charge on any atom is -0.446 e. The van der Waals surface area contributed by atoms with Crippen LogP contribution in [0.15, 0.2) is 73.0 Å². The maximum Gasteiger partial charge on any atom is 0.414 e. The summed E-state index contributed by atoms with van der Waals surface area (Å²) in [5.74, 6) is -0.518. The Morgan fingerprint density at radius 3 is 2.43 bits per heavy atom. The molecule has 0 spiro atoms. The van der Waals surface area contributed by atoms with E-state index < -0.39 is 24.3 Å². The third-order valence-corrected chi connectivity index (χ3v) is 13.3. The molecule has 2 saturated heterocycles. The van der Waals surface area contributed by atoms with Gasteiger partial charge < -0.3 is 29.8 Å². The van der Waals surface area contributed by atoms with Crippen LogP contribution < -0.4 is 15.5 Å². The summed E-state index contributed by atoms with van der Waals surface area (Å²) >= 11 is 1.58. The van der Waals surface area contributed by atoms with E-state index in [1.807, 2.05) is 63.7 Å². The van der Waals surface area contributed by atoms with Crippen LogP contribution in [0.4, 0.5) is 16.3 Å². The number of aromatic nitrogens is 8. The molecule has 0 bridgehead atoms. The smallest absolute Gasteiger partial charge is 0.414 e. The summed E-state index contributed by atoms with van der Waals surface area (Å²) in [5.41, 5.74) is 7.94. The number of fused-ring (bicyclic) bond motifs is 1. The summed E-state index contributed by atoms with van der Waals surface area (Å²) in [7, 11) is 1.62. The highest BCUT2D eigenvalue weighted by Gasteiger charge is 2.43. The number of imidazole rings is 1. The van der Waals surface area contributed by atoms with Crippen molar-refractivity contribution in [1.82, 2.24) is 54.4 Å². The van der Waals surface area contributed by atoms with Gasteiger partial charge in [0, 0.05) is 50.1 Å². The number of hydrogen-bond acceptors (Lipinski definition) is 14. The molecule has 0 unspecified atom stereocenters. The number of carbonyl (C=O) groups is 4. The Labute approximate surface area is 392 Å². The lowest BCUT2D eigenvalue weighted by Gasteiger charge is -2.31. The minimum atomic E-state index is -0.836. The number of nitrogens with zero attached hydrogens (tertiary/aromatic N) is 11. The Balaban J connectivity index is 0.839. The van der Waals surface area contributed by atoms with Gasteiger partial charge in [-0.05, 0) is 76.7 Å². The molecule has 19 nitrogen and oxygen atoms in total. The molecule has 67 heavy (non-hydrogen) atoms. The molecule has 6 aromatic rings. The van der Waals surface area contributed by atoms with E-state index in [1.54, 1.807) is 78.4 Å². The Bertz CT molecular complexity index is 2730. The Morgan fingerprint density at radius 2 is 1.73 bits per heavy atom. The topological polar surface area (TPSA) is 218 Å². The molecule has 4 atom stereocenters. The van der Waals surface area contributed by atoms with E-state index in [4.69, 9.17) is 4.74 Å². The fourth-order valence-electron chi connectivity index (χ4n) is 8.71. The number of likely N-dealkylation sites (tertiary alicyclic amines) is 2. The SMILES string of the molecule is Cc1ncsc1-c1ccc([C@H](C)NC(=O)[C@@H]2C[C@@H](O)CN2C(=O)[C@H](C(C)C)n2cc(C3CCN(CC(=O)Nc4cn5cc(-c6cncc(N(C)C(=O)OC(C)C)c6)ncc5n4)CC3)nn2)cc1. The molecule has 7 heterocycles. The standard InChI is InChI=1S/C47H57N13O6S/c1-27(2)43(46(64)59-21-36(61)17-39(59)45(63)51-29(5)31-8-10-33(11-9-31)44-30(6)50-26-67-44)60-23-38(54-55-60)32-12-14-57(15-13-32)25-42(62)53-40-24-58-22-37(49-20-41(58)52-40)34-16-35(19-48-18-34)56(7)47(65)66-28(3)4/h8-11,16,18-20,22-24,26-29,32,36,39,43,61H,12-15,17,21,25H2,1-7H3,(H,51,63)(H,53,62)/t29-,36+,39-,43-/m0/s1. The van der Waals surface area contributed by atoms with E-state index in [9.17, 15) is 24.3 Å². The van der Waals surface area contributed by atoms with Crippen LogP contribution in [0.3, 0.4) is 0 Å². The fraction of sp³-hybridized carbons (Fsp3) is 0.447. The lowest BCUT2D eigenvalue weighted by atomic mass is 9.94. The van der Waals surface area contributed by atoms with E-state index in [0.29, 0.717) is 41.5 Å². The first kappa shape index (κ1) is 46.9. The Hall–Kier alpha value is -6.64. The van der Waals surface area contributed by atoms with Crippen LogP contribution in [0.5, 0.6) is 0 Å². The summed E-state index contributed by atoms with van der Waals surface area (Å²) < 4.78 is 8.68. The summed E-state index contributed by atoms with van der Waals surface area (Å²) in [6.07, 6.45) is 10.2. The number of pyridine rings is 1. The van der Waals surface area contributed by atoms with Crippen LogP contribution in [-0.4, -0.2) is 130 Å². The van der Waals surface area contributed by atoms with Crippen molar-refractivity contribution in [2.75, 3.05) is 43.4 Å². The Morgan fingerprint density at radius 1 is 0.970 bits per heavy atom. The van der Waals surface area contributed by atoms with E-state index in [1.165, 1.54) is 9.80 Å².